The van der Waals surface area contributed by atoms with Gasteiger partial charge in [-0.2, -0.15) is 0 Å². The van der Waals surface area contributed by atoms with Gasteiger partial charge in [0.2, 0.25) is 0 Å². The maximum absolute atomic E-state index is 13.6. The van der Waals surface area contributed by atoms with E-state index in [1.807, 2.05) is 0 Å². The predicted molar refractivity (Wildman–Crippen MR) is 87.3 cm³/mol. The van der Waals surface area contributed by atoms with E-state index >= 15 is 0 Å². The predicted octanol–water partition coefficient (Wildman–Crippen LogP) is 2.78. The molecule has 1 unspecified atom stereocenters. The summed E-state index contributed by atoms with van der Waals surface area (Å²) < 4.78 is 29.4. The van der Waals surface area contributed by atoms with E-state index in [0.717, 1.165) is 6.07 Å². The van der Waals surface area contributed by atoms with E-state index in [4.69, 9.17) is 14.2 Å². The zero-order valence-electron chi connectivity index (χ0n) is 13.5. The van der Waals surface area contributed by atoms with E-state index in [2.05, 4.69) is 5.32 Å². The van der Waals surface area contributed by atoms with Crippen molar-refractivity contribution in [2.45, 2.75) is 13.0 Å². The van der Waals surface area contributed by atoms with Crippen LogP contribution < -0.4 is 14.8 Å². The molecule has 0 saturated carbocycles. The second-order valence-electron chi connectivity index (χ2n) is 5.38. The lowest BCUT2D eigenvalue weighted by atomic mass is 10.2. The van der Waals surface area contributed by atoms with Crippen LogP contribution in [-0.4, -0.2) is 31.2 Å². The van der Waals surface area contributed by atoms with Gasteiger partial charge in [-0.05, 0) is 31.2 Å². The highest BCUT2D eigenvalue weighted by Crippen LogP contribution is 2.32. The first-order valence-electron chi connectivity index (χ1n) is 7.70. The van der Waals surface area contributed by atoms with Crippen LogP contribution in [0.1, 0.15) is 17.3 Å². The number of esters is 1. The van der Waals surface area contributed by atoms with Gasteiger partial charge in [-0.3, -0.25) is 4.79 Å². The van der Waals surface area contributed by atoms with Gasteiger partial charge in [-0.15, -0.1) is 0 Å². The van der Waals surface area contributed by atoms with Crippen molar-refractivity contribution in [1.29, 1.82) is 0 Å². The standard InChI is InChI=1S/C18H16FNO5/c1-11(25-18(22)13-4-2-3-5-14(13)19)17(21)20-12-6-7-15-16(10-12)24-9-8-23-15/h2-7,10-11H,8-9H2,1H3,(H,20,21). The minimum atomic E-state index is -1.10. The molecule has 0 bridgehead atoms. The quantitative estimate of drug-likeness (QED) is 0.863. The summed E-state index contributed by atoms with van der Waals surface area (Å²) >= 11 is 0. The first-order chi connectivity index (χ1) is 12.0. The SMILES string of the molecule is CC(OC(=O)c1ccccc1F)C(=O)Nc1ccc2c(c1)OCCO2. The van der Waals surface area contributed by atoms with Gasteiger partial charge in [-0.25, -0.2) is 9.18 Å². The second kappa shape index (κ2) is 7.21. The fourth-order valence-corrected chi connectivity index (χ4v) is 2.27. The Hall–Kier alpha value is -3.09. The number of halogens is 1. The molecule has 6 nitrogen and oxygen atoms in total. The smallest absolute Gasteiger partial charge is 0.341 e. The number of ether oxygens (including phenoxy) is 3. The van der Waals surface area contributed by atoms with Crippen LogP contribution in [0.4, 0.5) is 10.1 Å². The van der Waals surface area contributed by atoms with Gasteiger partial charge < -0.3 is 19.5 Å². The van der Waals surface area contributed by atoms with Crippen LogP contribution in [0.5, 0.6) is 11.5 Å². The average Bonchev–Trinajstić information content (AvgIpc) is 2.61. The zero-order chi connectivity index (χ0) is 17.8. The summed E-state index contributed by atoms with van der Waals surface area (Å²) in [6.45, 7) is 2.31. The van der Waals surface area contributed by atoms with E-state index < -0.39 is 23.8 Å². The van der Waals surface area contributed by atoms with Gasteiger partial charge >= 0.3 is 5.97 Å². The van der Waals surface area contributed by atoms with Crippen molar-refractivity contribution in [1.82, 2.24) is 0 Å². The van der Waals surface area contributed by atoms with Gasteiger partial charge in [0.15, 0.2) is 17.6 Å². The largest absolute Gasteiger partial charge is 0.486 e. The lowest BCUT2D eigenvalue weighted by Crippen LogP contribution is -2.30. The molecule has 0 saturated heterocycles. The molecule has 2 aromatic rings. The van der Waals surface area contributed by atoms with E-state index in [1.165, 1.54) is 25.1 Å². The zero-order valence-corrected chi connectivity index (χ0v) is 13.5. The van der Waals surface area contributed by atoms with Gasteiger partial charge in [0.1, 0.15) is 19.0 Å². The maximum Gasteiger partial charge on any atom is 0.341 e. The first-order valence-corrected chi connectivity index (χ1v) is 7.70. The fraction of sp³-hybridized carbons (Fsp3) is 0.222. The van der Waals surface area contributed by atoms with Crippen LogP contribution in [0.15, 0.2) is 42.5 Å². The summed E-state index contributed by atoms with van der Waals surface area (Å²) in [5.74, 6) is -1.01. The van der Waals surface area contributed by atoms with Crippen molar-refractivity contribution in [2.24, 2.45) is 0 Å². The van der Waals surface area contributed by atoms with Gasteiger partial charge in [0.05, 0.1) is 5.56 Å². The highest BCUT2D eigenvalue weighted by atomic mass is 19.1. The average molecular weight is 345 g/mol. The van der Waals surface area contributed by atoms with Crippen LogP contribution in [0.2, 0.25) is 0 Å². The normalized spacial score (nSPS) is 13.7. The number of fused-ring (bicyclic) bond motifs is 1. The molecule has 130 valence electrons. The number of carbonyl (C=O) groups is 2. The lowest BCUT2D eigenvalue weighted by molar-refractivity contribution is -0.123. The highest BCUT2D eigenvalue weighted by molar-refractivity contribution is 5.97. The molecule has 1 aliphatic heterocycles. The third-order valence-corrected chi connectivity index (χ3v) is 3.56. The number of hydrogen-bond donors (Lipinski definition) is 1. The summed E-state index contributed by atoms with van der Waals surface area (Å²) in [4.78, 5) is 24.1. The Morgan fingerprint density at radius 1 is 1.12 bits per heavy atom. The molecule has 0 aromatic heterocycles. The number of hydrogen-bond acceptors (Lipinski definition) is 5. The molecule has 0 fully saturated rings. The molecule has 2 aromatic carbocycles. The van der Waals surface area contributed by atoms with Crippen LogP contribution in [0, 0.1) is 5.82 Å². The number of anilines is 1. The molecule has 1 atom stereocenters. The topological polar surface area (TPSA) is 73.9 Å². The molecule has 7 heteroatoms. The molecule has 0 aliphatic carbocycles. The number of carbonyl (C=O) groups excluding carboxylic acids is 2. The number of rotatable bonds is 4. The summed E-state index contributed by atoms with van der Waals surface area (Å²) in [6.07, 6.45) is -1.10. The molecule has 1 amide bonds. The minimum absolute atomic E-state index is 0.221. The van der Waals surface area contributed by atoms with Crippen LogP contribution in [0.25, 0.3) is 0 Å². The third-order valence-electron chi connectivity index (χ3n) is 3.56. The summed E-state index contributed by atoms with van der Waals surface area (Å²) in [6, 6.07) is 10.4. The van der Waals surface area contributed by atoms with Gasteiger partial charge in [0, 0.05) is 11.8 Å². The summed E-state index contributed by atoms with van der Waals surface area (Å²) in [7, 11) is 0. The molecule has 0 radical (unpaired) electrons. The first kappa shape index (κ1) is 16.8. The second-order valence-corrected chi connectivity index (χ2v) is 5.38. The van der Waals surface area contributed by atoms with E-state index in [0.29, 0.717) is 30.4 Å². The Morgan fingerprint density at radius 2 is 1.84 bits per heavy atom. The van der Waals surface area contributed by atoms with Gasteiger partial charge in [-0.1, -0.05) is 12.1 Å². The Labute approximate surface area is 143 Å². The number of amides is 1. The molecule has 3 rings (SSSR count). The monoisotopic (exact) mass is 345 g/mol. The fourth-order valence-electron chi connectivity index (χ4n) is 2.27. The molecule has 1 N–H and O–H groups in total. The number of benzene rings is 2. The van der Waals surface area contributed by atoms with Crippen LogP contribution in [0.3, 0.4) is 0 Å². The Morgan fingerprint density at radius 3 is 2.60 bits per heavy atom. The highest BCUT2D eigenvalue weighted by Gasteiger charge is 2.21. The van der Waals surface area contributed by atoms with Crippen molar-refractivity contribution in [3.8, 4) is 11.5 Å². The van der Waals surface area contributed by atoms with Crippen molar-refractivity contribution < 1.29 is 28.2 Å². The Bertz CT molecular complexity index is 808. The number of nitrogens with one attached hydrogen (secondary N) is 1. The molecule has 0 spiro atoms. The molecule has 25 heavy (non-hydrogen) atoms. The maximum atomic E-state index is 13.6. The van der Waals surface area contributed by atoms with E-state index in [-0.39, 0.29) is 5.56 Å². The van der Waals surface area contributed by atoms with Crippen molar-refractivity contribution in [3.63, 3.8) is 0 Å². The van der Waals surface area contributed by atoms with E-state index in [9.17, 15) is 14.0 Å². The van der Waals surface area contributed by atoms with Gasteiger partial charge in [0.25, 0.3) is 5.91 Å². The Kier molecular flexibility index (Phi) is 4.83. The molecular formula is C18H16FNO5. The van der Waals surface area contributed by atoms with Crippen molar-refractivity contribution >= 4 is 17.6 Å². The third kappa shape index (κ3) is 3.88. The molecule has 1 heterocycles. The van der Waals surface area contributed by atoms with Crippen LogP contribution in [-0.2, 0) is 9.53 Å². The molecular weight excluding hydrogens is 329 g/mol. The Balaban J connectivity index is 1.63. The van der Waals surface area contributed by atoms with E-state index in [1.54, 1.807) is 18.2 Å². The summed E-state index contributed by atoms with van der Waals surface area (Å²) in [5.41, 5.74) is 0.254. The van der Waals surface area contributed by atoms with Crippen LogP contribution >= 0.6 is 0 Å². The lowest BCUT2D eigenvalue weighted by Gasteiger charge is -2.19. The summed E-state index contributed by atoms with van der Waals surface area (Å²) in [5, 5.41) is 2.62. The van der Waals surface area contributed by atoms with Crippen molar-refractivity contribution in [3.05, 3.63) is 53.8 Å². The van der Waals surface area contributed by atoms with Crippen molar-refractivity contribution in [2.75, 3.05) is 18.5 Å². The molecule has 1 aliphatic rings. The minimum Gasteiger partial charge on any atom is -0.486 e.